The third-order valence-electron chi connectivity index (χ3n) is 8.62. The van der Waals surface area contributed by atoms with Crippen LogP contribution < -0.4 is 9.80 Å². The number of rotatable bonds is 10. The first-order valence-electron chi connectivity index (χ1n) is 14.8. The third-order valence-corrected chi connectivity index (χ3v) is 8.79. The molecule has 2 saturated heterocycles. The quantitative estimate of drug-likeness (QED) is 0.321. The second-order valence-electron chi connectivity index (χ2n) is 14.3. The average molecular weight is 566 g/mol. The van der Waals surface area contributed by atoms with E-state index in [-0.39, 0.29) is 17.4 Å². The Kier molecular flexibility index (Phi) is 9.86. The van der Waals surface area contributed by atoms with Gasteiger partial charge in [0.25, 0.3) is 0 Å². The molecule has 222 valence electrons. The van der Waals surface area contributed by atoms with Crippen LogP contribution in [0.1, 0.15) is 121 Å². The highest BCUT2D eigenvalue weighted by molar-refractivity contribution is 6.28. The van der Waals surface area contributed by atoms with Gasteiger partial charge in [-0.3, -0.25) is 0 Å². The van der Waals surface area contributed by atoms with E-state index >= 15 is 0 Å². The van der Waals surface area contributed by atoms with E-state index in [1.54, 1.807) is 0 Å². The van der Waals surface area contributed by atoms with Gasteiger partial charge in [0.1, 0.15) is 0 Å². The van der Waals surface area contributed by atoms with Crippen LogP contribution in [0.5, 0.6) is 0 Å². The molecule has 3 heterocycles. The van der Waals surface area contributed by atoms with E-state index < -0.39 is 22.2 Å². The largest absolute Gasteiger partial charge is 0.338 e. The maximum absolute atomic E-state index is 13.1. The molecule has 0 aromatic carbocycles. The second kappa shape index (κ2) is 11.9. The summed E-state index contributed by atoms with van der Waals surface area (Å²) in [7, 11) is 0. The summed E-state index contributed by atoms with van der Waals surface area (Å²) in [5.41, 5.74) is -2.03. The van der Waals surface area contributed by atoms with Crippen molar-refractivity contribution in [2.24, 2.45) is 0 Å². The van der Waals surface area contributed by atoms with Crippen LogP contribution in [0, 0.1) is 0 Å². The fourth-order valence-corrected chi connectivity index (χ4v) is 7.15. The predicted octanol–water partition coefficient (Wildman–Crippen LogP) is 6.47. The maximum atomic E-state index is 13.1. The van der Waals surface area contributed by atoms with Gasteiger partial charge in [-0.1, -0.05) is 26.7 Å². The van der Waals surface area contributed by atoms with Crippen LogP contribution >= 0.6 is 11.6 Å². The zero-order valence-corrected chi connectivity index (χ0v) is 26.8. The van der Waals surface area contributed by atoms with Crippen molar-refractivity contribution < 1.29 is 10.4 Å². The molecule has 1 aromatic heterocycles. The molecule has 0 saturated carbocycles. The Balaban J connectivity index is 2.04. The molecule has 0 amide bonds. The molecule has 2 aliphatic rings. The minimum atomic E-state index is -0.507. The molecule has 39 heavy (non-hydrogen) atoms. The number of hydroxylamine groups is 4. The van der Waals surface area contributed by atoms with Gasteiger partial charge in [-0.15, -0.1) is 20.5 Å². The van der Waals surface area contributed by atoms with Crippen molar-refractivity contribution in [1.29, 1.82) is 0 Å². The molecule has 2 fully saturated rings. The molecule has 0 aliphatic carbocycles. The molecule has 1 aromatic rings. The van der Waals surface area contributed by atoms with E-state index in [9.17, 15) is 10.4 Å². The Bertz CT molecular complexity index is 863. The molecule has 3 rings (SSSR count). The predicted molar refractivity (Wildman–Crippen MR) is 157 cm³/mol. The van der Waals surface area contributed by atoms with Gasteiger partial charge in [0.05, 0.1) is 0 Å². The number of nitrogens with zero attached hydrogens (tertiary/aromatic N) is 7. The monoisotopic (exact) mass is 565 g/mol. The standard InChI is InChI=1S/C29H52ClN7O2/c1-11-13-15-34(21-17-26(3,4)36(38)27(5,6)18-21)24-31-23(30)32-25(33-24)35(16-14-12-2)22-19-28(7,8)37(39)29(9,10)20-22/h21-22H,11-20H2,1-10H3. The first kappa shape index (κ1) is 32.3. The Morgan fingerprint density at radius 1 is 0.667 bits per heavy atom. The highest BCUT2D eigenvalue weighted by atomic mass is 35.5. The summed E-state index contributed by atoms with van der Waals surface area (Å²) in [6, 6.07) is 0.201. The Morgan fingerprint density at radius 2 is 0.974 bits per heavy atom. The molecule has 9 nitrogen and oxygen atoms in total. The Morgan fingerprint density at radius 3 is 1.26 bits per heavy atom. The van der Waals surface area contributed by atoms with E-state index in [2.05, 4.69) is 33.6 Å². The highest BCUT2D eigenvalue weighted by Gasteiger charge is 2.49. The first-order chi connectivity index (χ1) is 17.9. The van der Waals surface area contributed by atoms with Gasteiger partial charge in [-0.2, -0.15) is 15.0 Å². The number of unbranched alkanes of at least 4 members (excludes halogenated alkanes) is 2. The van der Waals surface area contributed by atoms with E-state index in [0.717, 1.165) is 38.8 Å². The van der Waals surface area contributed by atoms with Crippen LogP contribution in [0.4, 0.5) is 11.9 Å². The van der Waals surface area contributed by atoms with Gasteiger partial charge < -0.3 is 9.80 Å². The molecule has 2 radical (unpaired) electrons. The van der Waals surface area contributed by atoms with Gasteiger partial charge in [0.2, 0.25) is 17.2 Å². The van der Waals surface area contributed by atoms with Crippen molar-refractivity contribution in [1.82, 2.24) is 25.1 Å². The van der Waals surface area contributed by atoms with Crippen molar-refractivity contribution >= 4 is 23.5 Å². The summed E-state index contributed by atoms with van der Waals surface area (Å²) in [4.78, 5) is 18.9. The fourth-order valence-electron chi connectivity index (χ4n) is 7.00. The van der Waals surface area contributed by atoms with Crippen molar-refractivity contribution in [2.75, 3.05) is 22.9 Å². The number of aromatic nitrogens is 3. The lowest BCUT2D eigenvalue weighted by atomic mass is 9.78. The van der Waals surface area contributed by atoms with E-state index in [0.29, 0.717) is 37.6 Å². The van der Waals surface area contributed by atoms with Gasteiger partial charge in [-0.25, -0.2) is 0 Å². The number of piperidine rings is 2. The van der Waals surface area contributed by atoms with Gasteiger partial charge in [0, 0.05) is 47.3 Å². The summed E-state index contributed by atoms with van der Waals surface area (Å²) < 4.78 is 0. The molecular formula is C29H52ClN7O2. The van der Waals surface area contributed by atoms with Crippen LogP contribution in [-0.4, -0.2) is 72.4 Å². The van der Waals surface area contributed by atoms with Crippen LogP contribution in [-0.2, 0) is 10.4 Å². The minimum Gasteiger partial charge on any atom is -0.338 e. The lowest BCUT2D eigenvalue weighted by Crippen LogP contribution is -2.63. The number of hydrogen-bond donors (Lipinski definition) is 0. The summed E-state index contributed by atoms with van der Waals surface area (Å²) in [5, 5.41) is 28.9. The maximum Gasteiger partial charge on any atom is 0.231 e. The Hall–Kier alpha value is -1.26. The number of halogens is 1. The molecule has 0 spiro atoms. The summed E-state index contributed by atoms with van der Waals surface area (Å²) in [6.45, 7) is 22.1. The molecule has 10 heteroatoms. The number of anilines is 2. The molecule has 0 bridgehead atoms. The second-order valence-corrected chi connectivity index (χ2v) is 14.6. The van der Waals surface area contributed by atoms with Gasteiger partial charge >= 0.3 is 0 Å². The summed E-state index contributed by atoms with van der Waals surface area (Å²) >= 11 is 6.62. The fraction of sp³-hybridized carbons (Fsp3) is 0.897. The average Bonchev–Trinajstić information content (AvgIpc) is 2.80. The van der Waals surface area contributed by atoms with Crippen molar-refractivity contribution in [3.05, 3.63) is 5.28 Å². The molecule has 0 N–H and O–H groups in total. The lowest BCUT2D eigenvalue weighted by Gasteiger charge is -2.52. The normalized spacial score (nSPS) is 23.6. The zero-order valence-electron chi connectivity index (χ0n) is 26.1. The van der Waals surface area contributed by atoms with E-state index in [1.807, 2.05) is 55.4 Å². The summed E-state index contributed by atoms with van der Waals surface area (Å²) in [6.07, 6.45) is 6.91. The molecule has 0 atom stereocenters. The Labute approximate surface area is 241 Å². The third kappa shape index (κ3) is 7.15. The van der Waals surface area contributed by atoms with E-state index in [4.69, 9.17) is 16.6 Å². The zero-order chi connectivity index (χ0) is 29.4. The van der Waals surface area contributed by atoms with Gasteiger partial charge in [-0.05, 0) is 106 Å². The highest BCUT2D eigenvalue weighted by Crippen LogP contribution is 2.42. The molecule has 0 unspecified atom stereocenters. The van der Waals surface area contributed by atoms with Crippen LogP contribution in [0.3, 0.4) is 0 Å². The number of hydrogen-bond acceptors (Lipinski definition) is 7. The lowest BCUT2D eigenvalue weighted by molar-refractivity contribution is -0.289. The van der Waals surface area contributed by atoms with Crippen molar-refractivity contribution in [2.45, 2.75) is 155 Å². The molecule has 2 aliphatic heterocycles. The van der Waals surface area contributed by atoms with Crippen LogP contribution in [0.25, 0.3) is 0 Å². The van der Waals surface area contributed by atoms with Crippen LogP contribution in [0.2, 0.25) is 5.28 Å². The van der Waals surface area contributed by atoms with Crippen molar-refractivity contribution in [3.8, 4) is 0 Å². The topological polar surface area (TPSA) is 91.4 Å². The van der Waals surface area contributed by atoms with E-state index in [1.165, 1.54) is 10.1 Å². The first-order valence-corrected chi connectivity index (χ1v) is 15.2. The smallest absolute Gasteiger partial charge is 0.231 e. The van der Waals surface area contributed by atoms with Crippen molar-refractivity contribution in [3.63, 3.8) is 0 Å². The summed E-state index contributed by atoms with van der Waals surface area (Å²) in [5.74, 6) is 1.16. The van der Waals surface area contributed by atoms with Crippen LogP contribution in [0.15, 0.2) is 0 Å². The minimum absolute atomic E-state index is 0.101. The van der Waals surface area contributed by atoms with Gasteiger partial charge in [0.15, 0.2) is 0 Å². The SMILES string of the molecule is CCCCN(c1nc(Cl)nc(N(CCCC)C2CC(C)(C)N([O])C(C)(C)C2)n1)C1CC(C)(C)N([O])C(C)(C)C1. The molecular weight excluding hydrogens is 514 g/mol.